The van der Waals surface area contributed by atoms with E-state index >= 15 is 0 Å². The number of rotatable bonds is 7. The van der Waals surface area contributed by atoms with Gasteiger partial charge in [-0.25, -0.2) is 0 Å². The minimum Gasteiger partial charge on any atom is -0.346 e. The predicted molar refractivity (Wildman–Crippen MR) is 59.2 cm³/mol. The van der Waals surface area contributed by atoms with Gasteiger partial charge in [-0.3, -0.25) is 9.59 Å². The maximum absolute atomic E-state index is 11.6. The van der Waals surface area contributed by atoms with Crippen LogP contribution in [0.3, 0.4) is 0 Å². The van der Waals surface area contributed by atoms with Crippen molar-refractivity contribution in [1.29, 1.82) is 0 Å². The lowest BCUT2D eigenvalue weighted by atomic mass is 9.97. The lowest BCUT2D eigenvalue weighted by Crippen LogP contribution is -2.35. The van der Waals surface area contributed by atoms with Crippen LogP contribution in [0.4, 0.5) is 0 Å². The van der Waals surface area contributed by atoms with E-state index in [1.165, 1.54) is 12.8 Å². The average Bonchev–Trinajstić information content (AvgIpc) is 3.05. The molecule has 0 aromatic rings. The maximum atomic E-state index is 11.6. The highest BCUT2D eigenvalue weighted by Gasteiger charge is 2.30. The second-order valence-electron chi connectivity index (χ2n) is 3.88. The van der Waals surface area contributed by atoms with Gasteiger partial charge in [0.05, 0.1) is 0 Å². The van der Waals surface area contributed by atoms with E-state index in [0.717, 1.165) is 6.42 Å². The van der Waals surface area contributed by atoms with Gasteiger partial charge in [0.1, 0.15) is 0 Å². The summed E-state index contributed by atoms with van der Waals surface area (Å²) in [5, 5.41) is 2.49. The molecule has 1 amide bonds. The molecule has 1 aliphatic rings. The highest BCUT2D eigenvalue weighted by molar-refractivity contribution is 6.37. The van der Waals surface area contributed by atoms with Crippen LogP contribution >= 0.6 is 0 Å². The number of allylic oxidation sites excluding steroid dienone is 1. The Kier molecular flexibility index (Phi) is 4.28. The SMILES string of the molecule is C=CCNC(=O)C(=O)C(C=C)CC1CC1. The van der Waals surface area contributed by atoms with E-state index in [0.29, 0.717) is 12.5 Å². The molecule has 3 nitrogen and oxygen atoms in total. The molecule has 0 aliphatic heterocycles. The first-order valence-electron chi connectivity index (χ1n) is 5.24. The highest BCUT2D eigenvalue weighted by atomic mass is 16.2. The van der Waals surface area contributed by atoms with Crippen molar-refractivity contribution < 1.29 is 9.59 Å². The van der Waals surface area contributed by atoms with Crippen molar-refractivity contribution in [3.63, 3.8) is 0 Å². The van der Waals surface area contributed by atoms with Crippen molar-refractivity contribution in [2.45, 2.75) is 19.3 Å². The van der Waals surface area contributed by atoms with Crippen molar-refractivity contribution >= 4 is 11.7 Å². The standard InChI is InChI=1S/C12H17NO2/c1-3-7-13-12(15)11(14)10(4-2)8-9-5-6-9/h3-4,9-10H,1-2,5-8H2,(H,13,15). The molecule has 0 radical (unpaired) electrons. The van der Waals surface area contributed by atoms with Crippen LogP contribution < -0.4 is 5.32 Å². The van der Waals surface area contributed by atoms with E-state index < -0.39 is 5.91 Å². The monoisotopic (exact) mass is 207 g/mol. The van der Waals surface area contributed by atoms with Crippen LogP contribution in [0.5, 0.6) is 0 Å². The molecule has 1 N–H and O–H groups in total. The fourth-order valence-electron chi connectivity index (χ4n) is 1.44. The van der Waals surface area contributed by atoms with Crippen LogP contribution in [-0.4, -0.2) is 18.2 Å². The number of carbonyl (C=O) groups excluding carboxylic acids is 2. The summed E-state index contributed by atoms with van der Waals surface area (Å²) in [7, 11) is 0. The molecular weight excluding hydrogens is 190 g/mol. The maximum Gasteiger partial charge on any atom is 0.288 e. The third-order valence-electron chi connectivity index (χ3n) is 2.54. The molecule has 0 bridgehead atoms. The first-order valence-corrected chi connectivity index (χ1v) is 5.24. The molecule has 0 aromatic heterocycles. The summed E-state index contributed by atoms with van der Waals surface area (Å²) in [5.41, 5.74) is 0. The number of carbonyl (C=O) groups is 2. The van der Waals surface area contributed by atoms with Gasteiger partial charge in [-0.1, -0.05) is 25.0 Å². The highest BCUT2D eigenvalue weighted by Crippen LogP contribution is 2.35. The Morgan fingerprint density at radius 1 is 1.40 bits per heavy atom. The molecule has 1 saturated carbocycles. The van der Waals surface area contributed by atoms with Gasteiger partial charge in [-0.2, -0.15) is 0 Å². The molecular formula is C12H17NO2. The molecule has 1 fully saturated rings. The van der Waals surface area contributed by atoms with Crippen LogP contribution in [0.25, 0.3) is 0 Å². The Bertz CT molecular complexity index is 279. The summed E-state index contributed by atoms with van der Waals surface area (Å²) in [4.78, 5) is 23.0. The fourth-order valence-corrected chi connectivity index (χ4v) is 1.44. The summed E-state index contributed by atoms with van der Waals surface area (Å²) >= 11 is 0. The molecule has 0 spiro atoms. The molecule has 3 heteroatoms. The fraction of sp³-hybridized carbons (Fsp3) is 0.500. The van der Waals surface area contributed by atoms with E-state index in [1.807, 2.05) is 0 Å². The van der Waals surface area contributed by atoms with Gasteiger partial charge < -0.3 is 5.32 Å². The molecule has 1 aliphatic carbocycles. The van der Waals surface area contributed by atoms with Gasteiger partial charge in [0.15, 0.2) is 0 Å². The Morgan fingerprint density at radius 3 is 2.53 bits per heavy atom. The van der Waals surface area contributed by atoms with Crippen molar-refractivity contribution in [2.75, 3.05) is 6.54 Å². The predicted octanol–water partition coefficient (Wildman–Crippen LogP) is 1.46. The lowest BCUT2D eigenvalue weighted by molar-refractivity contribution is -0.139. The minimum atomic E-state index is -0.527. The van der Waals surface area contributed by atoms with Crippen molar-refractivity contribution in [3.8, 4) is 0 Å². The number of hydrogen-bond acceptors (Lipinski definition) is 2. The minimum absolute atomic E-state index is 0.317. The van der Waals surface area contributed by atoms with Gasteiger partial charge >= 0.3 is 0 Å². The summed E-state index contributed by atoms with van der Waals surface area (Å²) in [6, 6.07) is 0. The van der Waals surface area contributed by atoms with Gasteiger partial charge in [0, 0.05) is 12.5 Å². The summed E-state index contributed by atoms with van der Waals surface area (Å²) in [6.45, 7) is 7.41. The van der Waals surface area contributed by atoms with Gasteiger partial charge in [-0.15, -0.1) is 13.2 Å². The zero-order chi connectivity index (χ0) is 11.3. The van der Waals surface area contributed by atoms with Crippen molar-refractivity contribution in [2.24, 2.45) is 11.8 Å². The van der Waals surface area contributed by atoms with E-state index in [1.54, 1.807) is 12.2 Å². The summed E-state index contributed by atoms with van der Waals surface area (Å²) in [6.07, 6.45) is 6.24. The van der Waals surface area contributed by atoms with Crippen LogP contribution in [0, 0.1) is 11.8 Å². The zero-order valence-electron chi connectivity index (χ0n) is 8.87. The van der Waals surface area contributed by atoms with Crippen LogP contribution in [0.1, 0.15) is 19.3 Å². The Morgan fingerprint density at radius 2 is 2.07 bits per heavy atom. The van der Waals surface area contributed by atoms with E-state index in [-0.39, 0.29) is 11.7 Å². The molecule has 0 saturated heterocycles. The van der Waals surface area contributed by atoms with Gasteiger partial charge in [0.2, 0.25) is 5.78 Å². The quantitative estimate of drug-likeness (QED) is 0.507. The van der Waals surface area contributed by atoms with E-state index in [4.69, 9.17) is 0 Å². The molecule has 1 unspecified atom stereocenters. The first kappa shape index (κ1) is 11.7. The van der Waals surface area contributed by atoms with Gasteiger partial charge in [0.25, 0.3) is 5.91 Å². The van der Waals surface area contributed by atoms with Crippen molar-refractivity contribution in [1.82, 2.24) is 5.32 Å². The number of nitrogens with one attached hydrogen (secondary N) is 1. The zero-order valence-corrected chi connectivity index (χ0v) is 8.87. The Balaban J connectivity index is 2.42. The summed E-state index contributed by atoms with van der Waals surface area (Å²) in [5.74, 6) is -0.606. The number of amides is 1. The molecule has 1 rings (SSSR count). The second kappa shape index (κ2) is 5.49. The second-order valence-corrected chi connectivity index (χ2v) is 3.88. The Hall–Kier alpha value is -1.38. The molecule has 0 aromatic carbocycles. The van der Waals surface area contributed by atoms with Gasteiger partial charge in [-0.05, 0) is 12.3 Å². The van der Waals surface area contributed by atoms with Crippen LogP contribution in [0.15, 0.2) is 25.3 Å². The van der Waals surface area contributed by atoms with Crippen molar-refractivity contribution in [3.05, 3.63) is 25.3 Å². The number of Topliss-reactive ketones (excluding diaryl/α,β-unsaturated/α-hetero) is 1. The number of hydrogen-bond donors (Lipinski definition) is 1. The Labute approximate surface area is 90.2 Å². The smallest absolute Gasteiger partial charge is 0.288 e. The van der Waals surface area contributed by atoms with E-state index in [9.17, 15) is 9.59 Å². The third kappa shape index (κ3) is 3.70. The molecule has 82 valence electrons. The van der Waals surface area contributed by atoms with Crippen LogP contribution in [0.2, 0.25) is 0 Å². The first-order chi connectivity index (χ1) is 7.19. The average molecular weight is 207 g/mol. The molecule has 0 heterocycles. The number of ketones is 1. The van der Waals surface area contributed by atoms with Crippen LogP contribution in [-0.2, 0) is 9.59 Å². The summed E-state index contributed by atoms with van der Waals surface area (Å²) < 4.78 is 0. The largest absolute Gasteiger partial charge is 0.346 e. The lowest BCUT2D eigenvalue weighted by Gasteiger charge is -2.09. The van der Waals surface area contributed by atoms with E-state index in [2.05, 4.69) is 18.5 Å². The topological polar surface area (TPSA) is 46.2 Å². The third-order valence-corrected chi connectivity index (χ3v) is 2.54. The molecule has 15 heavy (non-hydrogen) atoms. The normalized spacial score (nSPS) is 16.5. The molecule has 1 atom stereocenters.